The average molecular weight is 365 g/mol. The highest BCUT2D eigenvalue weighted by Gasteiger charge is 2.28. The van der Waals surface area contributed by atoms with Crippen LogP contribution in [0.2, 0.25) is 0 Å². The van der Waals surface area contributed by atoms with Crippen molar-refractivity contribution >= 4 is 26.7 Å². The summed E-state index contributed by atoms with van der Waals surface area (Å²) in [5.41, 5.74) is 0.883. The minimum absolute atomic E-state index is 0.00805. The molecule has 0 spiro atoms. The molecule has 2 heterocycles. The van der Waals surface area contributed by atoms with Crippen LogP contribution in [0.4, 0.5) is 0 Å². The Morgan fingerprint density at radius 2 is 2.16 bits per heavy atom. The van der Waals surface area contributed by atoms with Crippen molar-refractivity contribution in [2.45, 2.75) is 32.2 Å². The number of hydrogen-bond donors (Lipinski definition) is 2. The topological polar surface area (TPSA) is 114 Å². The lowest BCUT2D eigenvalue weighted by molar-refractivity contribution is -0.121. The van der Waals surface area contributed by atoms with Crippen molar-refractivity contribution in [3.8, 4) is 5.75 Å². The quantitative estimate of drug-likeness (QED) is 0.783. The van der Waals surface area contributed by atoms with E-state index >= 15 is 0 Å². The summed E-state index contributed by atoms with van der Waals surface area (Å²) in [6.45, 7) is 1.77. The molecule has 0 bridgehead atoms. The van der Waals surface area contributed by atoms with Crippen LogP contribution in [-0.2, 0) is 21.1 Å². The number of aryl methyl sites for hydroxylation is 1. The zero-order valence-corrected chi connectivity index (χ0v) is 14.6. The van der Waals surface area contributed by atoms with Crippen LogP contribution in [0.25, 0.3) is 11.0 Å². The minimum Gasteiger partial charge on any atom is -0.508 e. The fourth-order valence-corrected chi connectivity index (χ4v) is 4.79. The summed E-state index contributed by atoms with van der Waals surface area (Å²) >= 11 is 0. The first-order chi connectivity index (χ1) is 11.7. The molecule has 0 aliphatic carbocycles. The molecule has 1 aromatic heterocycles. The van der Waals surface area contributed by atoms with Crippen molar-refractivity contribution in [1.29, 1.82) is 0 Å². The lowest BCUT2D eigenvalue weighted by Gasteiger charge is -2.11. The Bertz CT molecular complexity index is 992. The SMILES string of the molecule is Cc1c(CCC(=O)NC2CCS(=O)(=O)C2)c(=O)oc2cc(O)ccc12. The largest absolute Gasteiger partial charge is 0.508 e. The fourth-order valence-electron chi connectivity index (χ4n) is 3.12. The third-order valence-corrected chi connectivity index (χ3v) is 6.24. The van der Waals surface area contributed by atoms with E-state index in [0.29, 0.717) is 28.5 Å². The van der Waals surface area contributed by atoms with Crippen molar-refractivity contribution in [2.24, 2.45) is 0 Å². The number of carbonyl (C=O) groups excluding carboxylic acids is 1. The van der Waals surface area contributed by atoms with E-state index in [4.69, 9.17) is 4.42 Å². The molecule has 7 nitrogen and oxygen atoms in total. The zero-order chi connectivity index (χ0) is 18.2. The zero-order valence-electron chi connectivity index (χ0n) is 13.7. The van der Waals surface area contributed by atoms with Gasteiger partial charge in [-0.05, 0) is 37.5 Å². The van der Waals surface area contributed by atoms with E-state index in [-0.39, 0.29) is 42.0 Å². The van der Waals surface area contributed by atoms with Crippen LogP contribution in [0.15, 0.2) is 27.4 Å². The van der Waals surface area contributed by atoms with E-state index in [9.17, 15) is 23.1 Å². The van der Waals surface area contributed by atoms with E-state index in [0.717, 1.165) is 0 Å². The van der Waals surface area contributed by atoms with Gasteiger partial charge in [-0.1, -0.05) is 0 Å². The van der Waals surface area contributed by atoms with Gasteiger partial charge in [0.1, 0.15) is 11.3 Å². The van der Waals surface area contributed by atoms with Crippen LogP contribution in [0.5, 0.6) is 5.75 Å². The Morgan fingerprint density at radius 1 is 1.40 bits per heavy atom. The molecule has 1 aliphatic rings. The molecule has 1 unspecified atom stereocenters. The molecule has 0 saturated carbocycles. The van der Waals surface area contributed by atoms with Gasteiger partial charge in [0.25, 0.3) is 0 Å². The smallest absolute Gasteiger partial charge is 0.339 e. The number of amides is 1. The van der Waals surface area contributed by atoms with Crippen LogP contribution in [-0.4, -0.2) is 37.0 Å². The Balaban J connectivity index is 1.72. The summed E-state index contributed by atoms with van der Waals surface area (Å²) in [5, 5.41) is 12.9. The van der Waals surface area contributed by atoms with Crippen molar-refractivity contribution in [1.82, 2.24) is 5.32 Å². The number of hydrogen-bond acceptors (Lipinski definition) is 6. The molecule has 1 saturated heterocycles. The van der Waals surface area contributed by atoms with Gasteiger partial charge in [-0.3, -0.25) is 4.79 Å². The first-order valence-corrected chi connectivity index (χ1v) is 9.82. The summed E-state index contributed by atoms with van der Waals surface area (Å²) in [4.78, 5) is 24.2. The number of fused-ring (bicyclic) bond motifs is 1. The number of rotatable bonds is 4. The number of sulfone groups is 1. The number of benzene rings is 1. The molecule has 1 aliphatic heterocycles. The maximum atomic E-state index is 12.1. The van der Waals surface area contributed by atoms with E-state index in [1.807, 2.05) is 0 Å². The van der Waals surface area contributed by atoms with Gasteiger partial charge < -0.3 is 14.8 Å². The monoisotopic (exact) mass is 365 g/mol. The Labute approximate surface area is 144 Å². The summed E-state index contributed by atoms with van der Waals surface area (Å²) in [7, 11) is -3.05. The predicted octanol–water partition coefficient (Wildman–Crippen LogP) is 1.04. The third kappa shape index (κ3) is 3.84. The molecule has 2 aromatic rings. The van der Waals surface area contributed by atoms with Gasteiger partial charge in [-0.2, -0.15) is 0 Å². The van der Waals surface area contributed by atoms with Gasteiger partial charge in [0.05, 0.1) is 11.5 Å². The lowest BCUT2D eigenvalue weighted by Crippen LogP contribution is -2.35. The van der Waals surface area contributed by atoms with E-state index in [2.05, 4.69) is 5.32 Å². The molecular weight excluding hydrogens is 346 g/mol. The summed E-state index contributed by atoms with van der Waals surface area (Å²) in [6, 6.07) is 4.19. The van der Waals surface area contributed by atoms with E-state index in [1.165, 1.54) is 12.1 Å². The molecule has 8 heteroatoms. The summed E-state index contributed by atoms with van der Waals surface area (Å²) in [5.74, 6) is -0.210. The minimum atomic E-state index is -3.05. The normalized spacial score (nSPS) is 19.2. The van der Waals surface area contributed by atoms with Crippen molar-refractivity contribution in [2.75, 3.05) is 11.5 Å². The lowest BCUT2D eigenvalue weighted by atomic mass is 10.0. The first kappa shape index (κ1) is 17.5. The Kier molecular flexibility index (Phi) is 4.55. The summed E-state index contributed by atoms with van der Waals surface area (Å²) in [6.07, 6.45) is 0.705. The molecule has 1 fully saturated rings. The number of nitrogens with one attached hydrogen (secondary N) is 1. The highest BCUT2D eigenvalue weighted by Crippen LogP contribution is 2.23. The highest BCUT2D eigenvalue weighted by atomic mass is 32.2. The fraction of sp³-hybridized carbons (Fsp3) is 0.412. The molecule has 2 N–H and O–H groups in total. The van der Waals surface area contributed by atoms with E-state index in [1.54, 1.807) is 13.0 Å². The number of carbonyl (C=O) groups is 1. The number of phenolic OH excluding ortho intramolecular Hbond substituents is 1. The van der Waals surface area contributed by atoms with Gasteiger partial charge in [0.15, 0.2) is 9.84 Å². The average Bonchev–Trinajstić information content (AvgIpc) is 2.85. The molecule has 1 amide bonds. The van der Waals surface area contributed by atoms with Crippen LogP contribution in [0.3, 0.4) is 0 Å². The third-order valence-electron chi connectivity index (χ3n) is 4.47. The van der Waals surface area contributed by atoms with Crippen LogP contribution >= 0.6 is 0 Å². The predicted molar refractivity (Wildman–Crippen MR) is 92.4 cm³/mol. The molecular formula is C17H19NO6S. The number of phenols is 1. The standard InChI is InChI=1S/C17H19NO6S/c1-10-13-3-2-12(19)8-15(13)24-17(21)14(10)4-5-16(20)18-11-6-7-25(22,23)9-11/h2-3,8,11,19H,4-7,9H2,1H3,(H,18,20). The van der Waals surface area contributed by atoms with Gasteiger partial charge in [-0.25, -0.2) is 13.2 Å². The summed E-state index contributed by atoms with van der Waals surface area (Å²) < 4.78 is 28.1. The maximum Gasteiger partial charge on any atom is 0.339 e. The first-order valence-electron chi connectivity index (χ1n) is 8.00. The van der Waals surface area contributed by atoms with Gasteiger partial charge in [0.2, 0.25) is 5.91 Å². The van der Waals surface area contributed by atoms with Crippen molar-refractivity contribution in [3.63, 3.8) is 0 Å². The molecule has 1 atom stereocenters. The Hall–Kier alpha value is -2.35. The molecule has 134 valence electrons. The highest BCUT2D eigenvalue weighted by molar-refractivity contribution is 7.91. The second kappa shape index (κ2) is 6.51. The van der Waals surface area contributed by atoms with Crippen LogP contribution in [0.1, 0.15) is 24.0 Å². The molecule has 3 rings (SSSR count). The van der Waals surface area contributed by atoms with Crippen molar-refractivity contribution in [3.05, 3.63) is 39.7 Å². The van der Waals surface area contributed by atoms with Gasteiger partial charge in [-0.15, -0.1) is 0 Å². The van der Waals surface area contributed by atoms with Gasteiger partial charge in [0, 0.05) is 29.5 Å². The van der Waals surface area contributed by atoms with Crippen LogP contribution in [0, 0.1) is 6.92 Å². The molecule has 25 heavy (non-hydrogen) atoms. The molecule has 0 radical (unpaired) electrons. The second-order valence-corrected chi connectivity index (χ2v) is 8.57. The second-order valence-electron chi connectivity index (χ2n) is 6.34. The maximum absolute atomic E-state index is 12.1. The van der Waals surface area contributed by atoms with E-state index < -0.39 is 15.5 Å². The number of aromatic hydroxyl groups is 1. The van der Waals surface area contributed by atoms with Crippen molar-refractivity contribution < 1.29 is 22.7 Å². The van der Waals surface area contributed by atoms with Gasteiger partial charge >= 0.3 is 5.63 Å². The van der Waals surface area contributed by atoms with Crippen LogP contribution < -0.4 is 10.9 Å². The Morgan fingerprint density at radius 3 is 2.84 bits per heavy atom. The molecule has 1 aromatic carbocycles.